The van der Waals surface area contributed by atoms with Crippen LogP contribution in [0.2, 0.25) is 0 Å². The van der Waals surface area contributed by atoms with Crippen LogP contribution >= 0.6 is 0 Å². The van der Waals surface area contributed by atoms with Gasteiger partial charge >= 0.3 is 0 Å². The van der Waals surface area contributed by atoms with Gasteiger partial charge < -0.3 is 15.0 Å². The van der Waals surface area contributed by atoms with Gasteiger partial charge in [0.05, 0.1) is 5.92 Å². The minimum Gasteiger partial charge on any atom is -0.490 e. The average Bonchev–Trinajstić information content (AvgIpc) is 2.71. The zero-order chi connectivity index (χ0) is 21.0. The van der Waals surface area contributed by atoms with Crippen LogP contribution in [0.5, 0.6) is 5.75 Å². The van der Waals surface area contributed by atoms with Gasteiger partial charge in [0.2, 0.25) is 5.91 Å². The van der Waals surface area contributed by atoms with E-state index in [1.165, 1.54) is 22.7 Å². The lowest BCUT2D eigenvalue weighted by Crippen LogP contribution is -2.47. The standard InChI is InChI=1S/C20H32N4O4S/c1-22(2)29(26,27)24-12-4-5-16(15-24)20(25)21-17-6-8-18(9-7-17)28-19-10-13-23(3)14-11-19/h6-9,16,19H,4-5,10-15H2,1-3H3,(H,21,25)/t16-/m1/s1. The Hall–Kier alpha value is -1.68. The summed E-state index contributed by atoms with van der Waals surface area (Å²) in [5.74, 6) is 0.305. The fourth-order valence-electron chi connectivity index (χ4n) is 3.75. The summed E-state index contributed by atoms with van der Waals surface area (Å²) in [5, 5.41) is 2.91. The second-order valence-corrected chi connectivity index (χ2v) is 10.3. The van der Waals surface area contributed by atoms with Crippen molar-refractivity contribution in [2.45, 2.75) is 31.8 Å². The number of piperidine rings is 2. The molecule has 0 unspecified atom stereocenters. The van der Waals surface area contributed by atoms with E-state index in [0.717, 1.165) is 31.7 Å². The Balaban J connectivity index is 1.53. The molecule has 1 aromatic rings. The molecule has 1 atom stereocenters. The molecule has 1 N–H and O–H groups in total. The summed E-state index contributed by atoms with van der Waals surface area (Å²) in [4.78, 5) is 15.0. The number of hydrogen-bond acceptors (Lipinski definition) is 5. The van der Waals surface area contributed by atoms with E-state index in [0.29, 0.717) is 25.1 Å². The third-order valence-electron chi connectivity index (χ3n) is 5.63. The van der Waals surface area contributed by atoms with E-state index in [2.05, 4.69) is 17.3 Å². The normalized spacial score (nSPS) is 22.6. The van der Waals surface area contributed by atoms with Crippen molar-refractivity contribution in [3.05, 3.63) is 24.3 Å². The van der Waals surface area contributed by atoms with Crippen LogP contribution in [0.4, 0.5) is 5.69 Å². The number of likely N-dealkylation sites (tertiary alicyclic amines) is 1. The second kappa shape index (κ2) is 9.42. The number of carbonyl (C=O) groups excluding carboxylic acids is 1. The molecular weight excluding hydrogens is 392 g/mol. The van der Waals surface area contributed by atoms with Gasteiger partial charge in [-0.15, -0.1) is 0 Å². The molecule has 0 bridgehead atoms. The molecule has 9 heteroatoms. The predicted octanol–water partition coefficient (Wildman–Crippen LogP) is 1.62. The second-order valence-electron chi connectivity index (χ2n) is 8.12. The van der Waals surface area contributed by atoms with Crippen LogP contribution in [-0.4, -0.2) is 81.3 Å². The van der Waals surface area contributed by atoms with Gasteiger partial charge in [-0.3, -0.25) is 4.79 Å². The van der Waals surface area contributed by atoms with E-state index in [1.807, 2.05) is 24.3 Å². The first-order valence-electron chi connectivity index (χ1n) is 10.2. The van der Waals surface area contributed by atoms with Gasteiger partial charge in [0.15, 0.2) is 0 Å². The van der Waals surface area contributed by atoms with Gasteiger partial charge in [0, 0.05) is 46.0 Å². The number of benzene rings is 1. The number of amides is 1. The van der Waals surface area contributed by atoms with Crippen molar-refractivity contribution in [3.8, 4) is 5.75 Å². The van der Waals surface area contributed by atoms with Crippen LogP contribution in [0.1, 0.15) is 25.7 Å². The molecule has 0 saturated carbocycles. The molecule has 0 aliphatic carbocycles. The molecule has 2 aliphatic heterocycles. The summed E-state index contributed by atoms with van der Waals surface area (Å²) < 4.78 is 33.3. The highest BCUT2D eigenvalue weighted by Gasteiger charge is 2.33. The molecule has 2 aliphatic rings. The third-order valence-corrected chi connectivity index (χ3v) is 7.54. The third kappa shape index (κ3) is 5.69. The van der Waals surface area contributed by atoms with E-state index >= 15 is 0 Å². The summed E-state index contributed by atoms with van der Waals surface area (Å²) >= 11 is 0. The van der Waals surface area contributed by atoms with Crippen molar-refractivity contribution in [1.29, 1.82) is 0 Å². The van der Waals surface area contributed by atoms with Crippen molar-refractivity contribution < 1.29 is 17.9 Å². The van der Waals surface area contributed by atoms with Crippen LogP contribution in [0.25, 0.3) is 0 Å². The van der Waals surface area contributed by atoms with Gasteiger partial charge in [-0.1, -0.05) is 0 Å². The lowest BCUT2D eigenvalue weighted by atomic mass is 9.99. The maximum atomic E-state index is 12.7. The fourth-order valence-corrected chi connectivity index (χ4v) is 4.94. The molecule has 29 heavy (non-hydrogen) atoms. The molecule has 2 saturated heterocycles. The molecule has 3 rings (SSSR count). The number of nitrogens with one attached hydrogen (secondary N) is 1. The lowest BCUT2D eigenvalue weighted by Gasteiger charge is -2.32. The highest BCUT2D eigenvalue weighted by atomic mass is 32.2. The molecular formula is C20H32N4O4S. The maximum Gasteiger partial charge on any atom is 0.281 e. The van der Waals surface area contributed by atoms with Gasteiger partial charge in [0.1, 0.15) is 11.9 Å². The van der Waals surface area contributed by atoms with Crippen LogP contribution in [0, 0.1) is 5.92 Å². The summed E-state index contributed by atoms with van der Waals surface area (Å²) in [6, 6.07) is 7.41. The van der Waals surface area contributed by atoms with Gasteiger partial charge in [-0.25, -0.2) is 0 Å². The Morgan fingerprint density at radius 1 is 1.10 bits per heavy atom. The maximum absolute atomic E-state index is 12.7. The summed E-state index contributed by atoms with van der Waals surface area (Å²) in [6.07, 6.45) is 3.63. The van der Waals surface area contributed by atoms with Crippen molar-refractivity contribution in [3.63, 3.8) is 0 Å². The minimum absolute atomic E-state index is 0.146. The monoisotopic (exact) mass is 424 g/mol. The molecule has 1 amide bonds. The first-order chi connectivity index (χ1) is 13.8. The van der Waals surface area contributed by atoms with E-state index < -0.39 is 10.2 Å². The number of anilines is 1. The van der Waals surface area contributed by atoms with E-state index in [9.17, 15) is 13.2 Å². The number of rotatable bonds is 6. The molecule has 162 valence electrons. The first-order valence-corrected chi connectivity index (χ1v) is 11.6. The summed E-state index contributed by atoms with van der Waals surface area (Å²) in [5.41, 5.74) is 0.693. The number of ether oxygens (including phenoxy) is 1. The predicted molar refractivity (Wildman–Crippen MR) is 113 cm³/mol. The molecule has 2 fully saturated rings. The average molecular weight is 425 g/mol. The number of hydrogen-bond donors (Lipinski definition) is 1. The molecule has 0 spiro atoms. The smallest absolute Gasteiger partial charge is 0.281 e. The van der Waals surface area contributed by atoms with Crippen molar-refractivity contribution in [1.82, 2.24) is 13.5 Å². The van der Waals surface area contributed by atoms with E-state index in [4.69, 9.17) is 4.74 Å². The Morgan fingerprint density at radius 3 is 2.38 bits per heavy atom. The summed E-state index contributed by atoms with van der Waals surface area (Å²) in [6.45, 7) is 2.75. The van der Waals surface area contributed by atoms with Crippen molar-refractivity contribution >= 4 is 21.8 Å². The molecule has 1 aromatic carbocycles. The van der Waals surface area contributed by atoms with E-state index in [-0.39, 0.29) is 24.5 Å². The van der Waals surface area contributed by atoms with Crippen LogP contribution in [0.15, 0.2) is 24.3 Å². The van der Waals surface area contributed by atoms with Gasteiger partial charge in [-0.2, -0.15) is 17.0 Å². The highest BCUT2D eigenvalue weighted by molar-refractivity contribution is 7.86. The largest absolute Gasteiger partial charge is 0.490 e. The fraction of sp³-hybridized carbons (Fsp3) is 0.650. The van der Waals surface area contributed by atoms with E-state index in [1.54, 1.807) is 0 Å². The lowest BCUT2D eigenvalue weighted by molar-refractivity contribution is -0.120. The topological polar surface area (TPSA) is 82.2 Å². The Kier molecular flexibility index (Phi) is 7.15. The zero-order valence-corrected chi connectivity index (χ0v) is 18.3. The molecule has 2 heterocycles. The van der Waals surface area contributed by atoms with Crippen LogP contribution < -0.4 is 10.1 Å². The molecule has 0 radical (unpaired) electrons. The number of carbonyl (C=O) groups is 1. The Bertz CT molecular complexity index is 789. The molecule has 8 nitrogen and oxygen atoms in total. The molecule has 0 aromatic heterocycles. The van der Waals surface area contributed by atoms with Crippen LogP contribution in [-0.2, 0) is 15.0 Å². The van der Waals surface area contributed by atoms with Gasteiger partial charge in [-0.05, 0) is 57.0 Å². The van der Waals surface area contributed by atoms with Crippen LogP contribution in [0.3, 0.4) is 0 Å². The van der Waals surface area contributed by atoms with Crippen molar-refractivity contribution in [2.24, 2.45) is 5.92 Å². The SMILES string of the molecule is CN1CCC(Oc2ccc(NC(=O)[C@@H]3CCCN(S(=O)(=O)N(C)C)C3)cc2)CC1. The van der Waals surface area contributed by atoms with Gasteiger partial charge in [0.25, 0.3) is 10.2 Å². The summed E-state index contributed by atoms with van der Waals surface area (Å²) in [7, 11) is 1.64. The Morgan fingerprint density at radius 2 is 1.76 bits per heavy atom. The minimum atomic E-state index is -3.50. The quantitative estimate of drug-likeness (QED) is 0.750. The highest BCUT2D eigenvalue weighted by Crippen LogP contribution is 2.24. The first kappa shape index (κ1) is 22.0. The zero-order valence-electron chi connectivity index (χ0n) is 17.5. The Labute approximate surface area is 174 Å². The van der Waals surface area contributed by atoms with Crippen molar-refractivity contribution in [2.75, 3.05) is 52.6 Å². The number of nitrogens with zero attached hydrogens (tertiary/aromatic N) is 3.